The molecule has 0 aliphatic carbocycles. The molecule has 13 heavy (non-hydrogen) atoms. The van der Waals surface area contributed by atoms with Gasteiger partial charge in [0.25, 0.3) is 5.82 Å². The Morgan fingerprint density at radius 1 is 1.38 bits per heavy atom. The molecule has 0 aromatic carbocycles. The average molecular weight is 200 g/mol. The van der Waals surface area contributed by atoms with Crippen LogP contribution >= 0.6 is 0 Å². The van der Waals surface area contributed by atoms with E-state index >= 15 is 0 Å². The van der Waals surface area contributed by atoms with Crippen LogP contribution in [0.15, 0.2) is 12.4 Å². The quantitative estimate of drug-likeness (QED) is 0.289. The summed E-state index contributed by atoms with van der Waals surface area (Å²) in [7, 11) is -4.12. The smallest absolute Gasteiger partial charge is 0.418 e. The molecule has 8 heteroatoms. The number of aromatic nitrogens is 2. The molecule has 0 amide bonds. The van der Waals surface area contributed by atoms with Crippen LogP contribution in [-0.4, -0.2) is 17.2 Å². The van der Waals surface area contributed by atoms with Gasteiger partial charge in [-0.25, -0.2) is 4.57 Å². The number of hydrogen-bond acceptors (Lipinski definition) is 1. The van der Waals surface area contributed by atoms with E-state index in [-0.39, 0.29) is 0 Å². The fraction of sp³-hybridized carbons (Fsp3) is 0.400. The third-order valence-corrected chi connectivity index (χ3v) is 1.27. The van der Waals surface area contributed by atoms with Crippen molar-refractivity contribution in [1.82, 2.24) is 4.73 Å². The molecule has 1 aromatic heterocycles. The van der Waals surface area contributed by atoms with E-state index in [1.54, 1.807) is 12.4 Å². The lowest BCUT2D eigenvalue weighted by Crippen LogP contribution is -2.29. The molecule has 3 nitrogen and oxygen atoms in total. The van der Waals surface area contributed by atoms with Crippen molar-refractivity contribution in [2.24, 2.45) is 7.05 Å². The molecule has 76 valence electrons. The van der Waals surface area contributed by atoms with E-state index in [4.69, 9.17) is 5.21 Å². The van der Waals surface area contributed by atoms with Gasteiger partial charge >= 0.3 is 7.25 Å². The van der Waals surface area contributed by atoms with Crippen molar-refractivity contribution in [3.8, 4) is 0 Å². The fourth-order valence-corrected chi connectivity index (χ4v) is 0.540. The highest BCUT2D eigenvalue weighted by Crippen LogP contribution is 2.06. The van der Waals surface area contributed by atoms with Crippen molar-refractivity contribution >= 4 is 7.25 Å². The summed E-state index contributed by atoms with van der Waals surface area (Å²) in [5.41, 5.74) is 0. The van der Waals surface area contributed by atoms with Crippen molar-refractivity contribution in [3.63, 3.8) is 0 Å². The van der Waals surface area contributed by atoms with Crippen LogP contribution in [0.4, 0.5) is 17.3 Å². The highest BCUT2D eigenvalue weighted by Gasteiger charge is 2.20. The maximum absolute atomic E-state index is 9.75. The first-order valence-electron chi connectivity index (χ1n) is 3.32. The molecule has 0 saturated heterocycles. The zero-order valence-electron chi connectivity index (χ0n) is 7.09. The number of nitrogens with zero attached hydrogens (tertiary/aromatic N) is 2. The second-order valence-corrected chi connectivity index (χ2v) is 2.30. The van der Waals surface area contributed by atoms with Crippen LogP contribution in [0.1, 0.15) is 5.82 Å². The van der Waals surface area contributed by atoms with Gasteiger partial charge in [0, 0.05) is 6.92 Å². The summed E-state index contributed by atoms with van der Waals surface area (Å²) in [5.74, 6) is 0.824. The van der Waals surface area contributed by atoms with Gasteiger partial charge in [-0.3, -0.25) is 0 Å². The van der Waals surface area contributed by atoms with Crippen LogP contribution in [-0.2, 0) is 7.05 Å². The Hall–Kier alpha value is -1.21. The Balaban J connectivity index is 0.000000252. The third kappa shape index (κ3) is 6.00. The second-order valence-electron chi connectivity index (χ2n) is 2.30. The van der Waals surface area contributed by atoms with Gasteiger partial charge in [0.2, 0.25) is 0 Å². The van der Waals surface area contributed by atoms with Crippen molar-refractivity contribution in [1.29, 1.82) is 0 Å². The first-order chi connectivity index (χ1) is 5.72. The SMILES string of the molecule is Cc1n(O)cc[n+]1C.F[B-](F)(F)F. The second kappa shape index (κ2) is 4.15. The van der Waals surface area contributed by atoms with Crippen molar-refractivity contribution in [3.05, 3.63) is 18.2 Å². The lowest BCUT2D eigenvalue weighted by Gasteiger charge is -1.94. The van der Waals surface area contributed by atoms with Crippen molar-refractivity contribution in [2.45, 2.75) is 6.92 Å². The van der Waals surface area contributed by atoms with Gasteiger partial charge in [-0.2, -0.15) is 0 Å². The topological polar surface area (TPSA) is 29.0 Å². The van der Waals surface area contributed by atoms with Crippen molar-refractivity contribution < 1.29 is 27.0 Å². The molecule has 1 rings (SSSR count). The molecule has 0 unspecified atom stereocenters. The summed E-state index contributed by atoms with van der Waals surface area (Å²) in [4.78, 5) is 0. The molecular formula is C5H9BF4N2O. The van der Waals surface area contributed by atoms with E-state index in [0.29, 0.717) is 0 Å². The van der Waals surface area contributed by atoms with Crippen LogP contribution in [0.3, 0.4) is 0 Å². The molecule has 0 spiro atoms. The number of imidazole rings is 1. The molecule has 0 saturated carbocycles. The van der Waals surface area contributed by atoms with Gasteiger partial charge in [-0.05, 0) is 0 Å². The van der Waals surface area contributed by atoms with E-state index in [0.717, 1.165) is 10.6 Å². The predicted molar refractivity (Wildman–Crippen MR) is 37.7 cm³/mol. The van der Waals surface area contributed by atoms with Gasteiger partial charge in [0.05, 0.1) is 7.05 Å². The van der Waals surface area contributed by atoms with Gasteiger partial charge in [0.15, 0.2) is 6.20 Å². The third-order valence-electron chi connectivity index (χ3n) is 1.27. The maximum atomic E-state index is 9.75. The van der Waals surface area contributed by atoms with E-state index in [1.165, 1.54) is 0 Å². The summed E-state index contributed by atoms with van der Waals surface area (Å²) in [6.45, 7) is 1.83. The number of aryl methyl sites for hydroxylation is 1. The summed E-state index contributed by atoms with van der Waals surface area (Å²) < 4.78 is 41.9. The molecule has 0 radical (unpaired) electrons. The lowest BCUT2D eigenvalue weighted by molar-refractivity contribution is -0.678. The normalized spacial score (nSPS) is 10.6. The predicted octanol–water partition coefficient (Wildman–Crippen LogP) is 1.16. The minimum Gasteiger partial charge on any atom is -0.418 e. The van der Waals surface area contributed by atoms with Gasteiger partial charge in [-0.1, -0.05) is 4.73 Å². The monoisotopic (exact) mass is 200 g/mol. The molecule has 1 heterocycles. The standard InChI is InChI=1S/C5H9N2O.BF4/c1-5-6(2)3-4-7(5)8;2-1(3,4)5/h3-4,8H,1-2H3;/q+1;-1. The summed E-state index contributed by atoms with van der Waals surface area (Å²) >= 11 is 0. The Labute approximate surface area is 72.3 Å². The van der Waals surface area contributed by atoms with Gasteiger partial charge < -0.3 is 22.5 Å². The van der Waals surface area contributed by atoms with Gasteiger partial charge in [0.1, 0.15) is 6.20 Å². The number of hydrogen-bond donors (Lipinski definition) is 1. The van der Waals surface area contributed by atoms with E-state index in [2.05, 4.69) is 0 Å². The average Bonchev–Trinajstić information content (AvgIpc) is 2.16. The minimum absolute atomic E-state index is 0.824. The van der Waals surface area contributed by atoms with Crippen LogP contribution < -0.4 is 4.57 Å². The van der Waals surface area contributed by atoms with E-state index in [1.807, 2.05) is 18.5 Å². The van der Waals surface area contributed by atoms with Gasteiger partial charge in [-0.15, -0.1) is 0 Å². The van der Waals surface area contributed by atoms with Crippen LogP contribution in [0.2, 0.25) is 0 Å². The molecular weight excluding hydrogens is 191 g/mol. The zero-order valence-corrected chi connectivity index (χ0v) is 7.09. The first kappa shape index (κ1) is 11.8. The highest BCUT2D eigenvalue weighted by molar-refractivity contribution is 6.50. The Bertz CT molecular complexity index is 246. The van der Waals surface area contributed by atoms with Crippen molar-refractivity contribution in [2.75, 3.05) is 0 Å². The Morgan fingerprint density at radius 2 is 1.77 bits per heavy atom. The number of rotatable bonds is 0. The Kier molecular flexibility index (Phi) is 3.77. The minimum atomic E-state index is -6.00. The van der Waals surface area contributed by atoms with Crippen LogP contribution in [0.5, 0.6) is 0 Å². The summed E-state index contributed by atoms with van der Waals surface area (Å²) in [6.07, 6.45) is 3.38. The van der Waals surface area contributed by atoms with E-state index in [9.17, 15) is 17.3 Å². The molecule has 1 aromatic rings. The molecule has 0 aliphatic rings. The molecule has 0 aliphatic heterocycles. The Morgan fingerprint density at radius 3 is 1.85 bits per heavy atom. The highest BCUT2D eigenvalue weighted by atomic mass is 19.5. The largest absolute Gasteiger partial charge is 0.673 e. The summed E-state index contributed by atoms with van der Waals surface area (Å²) in [6, 6.07) is 0. The first-order valence-corrected chi connectivity index (χ1v) is 3.32. The molecule has 0 atom stereocenters. The molecule has 0 bridgehead atoms. The zero-order chi connectivity index (χ0) is 10.6. The fourth-order valence-electron chi connectivity index (χ4n) is 0.540. The molecule has 0 fully saturated rings. The number of halogens is 4. The van der Waals surface area contributed by atoms with Crippen LogP contribution in [0, 0.1) is 6.92 Å². The van der Waals surface area contributed by atoms with Crippen LogP contribution in [0.25, 0.3) is 0 Å². The maximum Gasteiger partial charge on any atom is 0.673 e. The molecule has 1 N–H and O–H groups in total. The van der Waals surface area contributed by atoms with E-state index < -0.39 is 7.25 Å². The summed E-state index contributed by atoms with van der Waals surface area (Å²) in [5, 5.41) is 8.84. The lowest BCUT2D eigenvalue weighted by atomic mass is 10.3.